The molecule has 0 bridgehead atoms. The summed E-state index contributed by atoms with van der Waals surface area (Å²) >= 11 is 0. The third-order valence-corrected chi connectivity index (χ3v) is 3.45. The number of hydrogen-bond acceptors (Lipinski definition) is 4. The molecule has 0 amide bonds. The number of para-hydroxylation sites is 1. The Morgan fingerprint density at radius 1 is 0.909 bits per heavy atom. The number of anilines is 2. The maximum Gasteiger partial charge on any atom is 0.222 e. The predicted molar refractivity (Wildman–Crippen MR) is 86.8 cm³/mol. The number of benzene rings is 2. The molecule has 0 radical (unpaired) electrons. The third-order valence-electron chi connectivity index (χ3n) is 3.45. The number of aromatic nitrogens is 4. The average molecular weight is 287 g/mol. The van der Waals surface area contributed by atoms with Crippen LogP contribution in [0.1, 0.15) is 0 Å². The first-order chi connectivity index (χ1) is 10.9. The Morgan fingerprint density at radius 3 is 2.55 bits per heavy atom. The molecule has 0 atom stereocenters. The van der Waals surface area contributed by atoms with E-state index in [4.69, 9.17) is 4.98 Å². The van der Waals surface area contributed by atoms with E-state index in [2.05, 4.69) is 32.6 Å². The van der Waals surface area contributed by atoms with Crippen LogP contribution in [0.15, 0.2) is 67.0 Å². The van der Waals surface area contributed by atoms with E-state index >= 15 is 0 Å². The lowest BCUT2D eigenvalue weighted by Gasteiger charge is -2.10. The van der Waals surface area contributed by atoms with E-state index in [0.717, 1.165) is 27.8 Å². The number of aromatic amines is 1. The van der Waals surface area contributed by atoms with Crippen LogP contribution in [0.3, 0.4) is 0 Å². The van der Waals surface area contributed by atoms with Crippen molar-refractivity contribution in [3.8, 4) is 11.3 Å². The molecule has 4 rings (SSSR count). The Hall–Kier alpha value is -3.21. The van der Waals surface area contributed by atoms with Crippen LogP contribution in [0.2, 0.25) is 0 Å². The molecular formula is C17H13N5. The van der Waals surface area contributed by atoms with E-state index in [0.29, 0.717) is 5.95 Å². The van der Waals surface area contributed by atoms with Crippen molar-refractivity contribution < 1.29 is 0 Å². The maximum absolute atomic E-state index is 4.75. The SMILES string of the molecule is c1ccc(-c2cc(Nc3ncn[nH]3)c3ccccc3n2)cc1. The summed E-state index contributed by atoms with van der Waals surface area (Å²) in [5, 5.41) is 11.0. The highest BCUT2D eigenvalue weighted by Gasteiger charge is 2.08. The first-order valence-corrected chi connectivity index (χ1v) is 6.98. The Balaban J connectivity index is 1.89. The van der Waals surface area contributed by atoms with E-state index < -0.39 is 0 Å². The number of H-pyrrole nitrogens is 1. The highest BCUT2D eigenvalue weighted by Crippen LogP contribution is 2.29. The van der Waals surface area contributed by atoms with Crippen LogP contribution >= 0.6 is 0 Å². The number of rotatable bonds is 3. The van der Waals surface area contributed by atoms with Crippen molar-refractivity contribution in [3.63, 3.8) is 0 Å². The normalized spacial score (nSPS) is 10.7. The summed E-state index contributed by atoms with van der Waals surface area (Å²) in [4.78, 5) is 8.87. The fourth-order valence-corrected chi connectivity index (χ4v) is 2.43. The van der Waals surface area contributed by atoms with Gasteiger partial charge >= 0.3 is 0 Å². The van der Waals surface area contributed by atoms with Crippen LogP contribution in [-0.2, 0) is 0 Å². The molecule has 5 nitrogen and oxygen atoms in total. The largest absolute Gasteiger partial charge is 0.324 e. The zero-order valence-corrected chi connectivity index (χ0v) is 11.7. The number of fused-ring (bicyclic) bond motifs is 1. The van der Waals surface area contributed by atoms with Crippen molar-refractivity contribution in [3.05, 3.63) is 67.0 Å². The summed E-state index contributed by atoms with van der Waals surface area (Å²) in [6.45, 7) is 0. The van der Waals surface area contributed by atoms with Gasteiger partial charge in [-0.2, -0.15) is 10.1 Å². The van der Waals surface area contributed by atoms with Gasteiger partial charge in [-0.15, -0.1) is 0 Å². The molecule has 0 aliphatic heterocycles. The van der Waals surface area contributed by atoms with E-state index in [1.807, 2.05) is 48.5 Å². The highest BCUT2D eigenvalue weighted by atomic mass is 15.3. The van der Waals surface area contributed by atoms with Crippen LogP contribution < -0.4 is 5.32 Å². The molecule has 2 heterocycles. The molecule has 22 heavy (non-hydrogen) atoms. The number of nitrogens with one attached hydrogen (secondary N) is 2. The van der Waals surface area contributed by atoms with Gasteiger partial charge in [-0.05, 0) is 12.1 Å². The molecule has 0 saturated carbocycles. The van der Waals surface area contributed by atoms with Crippen molar-refractivity contribution in [1.82, 2.24) is 20.2 Å². The predicted octanol–water partition coefficient (Wildman–Crippen LogP) is 3.76. The van der Waals surface area contributed by atoms with Gasteiger partial charge in [-0.3, -0.25) is 0 Å². The summed E-state index contributed by atoms with van der Waals surface area (Å²) in [7, 11) is 0. The minimum atomic E-state index is 0.607. The molecule has 4 aromatic rings. The van der Waals surface area contributed by atoms with Crippen LogP contribution in [-0.4, -0.2) is 20.2 Å². The minimum absolute atomic E-state index is 0.607. The Labute approximate surface area is 127 Å². The number of hydrogen-bond donors (Lipinski definition) is 2. The van der Waals surface area contributed by atoms with Gasteiger partial charge in [-0.1, -0.05) is 48.5 Å². The molecule has 0 aliphatic rings. The van der Waals surface area contributed by atoms with Crippen molar-refractivity contribution >= 4 is 22.5 Å². The van der Waals surface area contributed by atoms with Gasteiger partial charge in [-0.25, -0.2) is 10.1 Å². The highest BCUT2D eigenvalue weighted by molar-refractivity contribution is 5.94. The zero-order valence-electron chi connectivity index (χ0n) is 11.7. The van der Waals surface area contributed by atoms with Gasteiger partial charge in [0.05, 0.1) is 16.9 Å². The number of nitrogens with zero attached hydrogens (tertiary/aromatic N) is 3. The molecule has 0 saturated heterocycles. The van der Waals surface area contributed by atoms with Crippen molar-refractivity contribution in [2.45, 2.75) is 0 Å². The lowest BCUT2D eigenvalue weighted by molar-refractivity contribution is 1.09. The summed E-state index contributed by atoms with van der Waals surface area (Å²) in [5.41, 5.74) is 3.88. The van der Waals surface area contributed by atoms with Gasteiger partial charge in [0.15, 0.2) is 0 Å². The molecule has 106 valence electrons. The fraction of sp³-hybridized carbons (Fsp3) is 0. The standard InChI is InChI=1S/C17H13N5/c1-2-6-12(7-3-1)15-10-16(21-17-18-11-19-22-17)13-8-4-5-9-14(13)20-15/h1-11H,(H2,18,19,20,21,22). The second-order valence-electron chi connectivity index (χ2n) is 4.90. The van der Waals surface area contributed by atoms with Gasteiger partial charge in [0, 0.05) is 10.9 Å². The summed E-state index contributed by atoms with van der Waals surface area (Å²) in [5.74, 6) is 0.607. The van der Waals surface area contributed by atoms with Gasteiger partial charge in [0.25, 0.3) is 0 Å². The van der Waals surface area contributed by atoms with Crippen molar-refractivity contribution in [1.29, 1.82) is 0 Å². The number of pyridine rings is 1. The second kappa shape index (κ2) is 5.29. The zero-order chi connectivity index (χ0) is 14.8. The lowest BCUT2D eigenvalue weighted by atomic mass is 10.1. The third kappa shape index (κ3) is 2.29. The topological polar surface area (TPSA) is 66.5 Å². The summed E-state index contributed by atoms with van der Waals surface area (Å²) in [6.07, 6.45) is 1.48. The van der Waals surface area contributed by atoms with Crippen LogP contribution in [0.25, 0.3) is 22.2 Å². The first kappa shape index (κ1) is 12.5. The van der Waals surface area contributed by atoms with E-state index in [-0.39, 0.29) is 0 Å². The molecule has 2 aromatic carbocycles. The fourth-order valence-electron chi connectivity index (χ4n) is 2.43. The van der Waals surface area contributed by atoms with Crippen LogP contribution in [0, 0.1) is 0 Å². The molecule has 0 spiro atoms. The van der Waals surface area contributed by atoms with Gasteiger partial charge in [0.1, 0.15) is 6.33 Å². The molecule has 2 N–H and O–H groups in total. The molecule has 0 fully saturated rings. The average Bonchev–Trinajstić information content (AvgIpc) is 3.09. The first-order valence-electron chi connectivity index (χ1n) is 6.98. The van der Waals surface area contributed by atoms with E-state index in [9.17, 15) is 0 Å². The maximum atomic E-state index is 4.75. The minimum Gasteiger partial charge on any atom is -0.324 e. The molecule has 5 heteroatoms. The quantitative estimate of drug-likeness (QED) is 0.602. The van der Waals surface area contributed by atoms with Crippen molar-refractivity contribution in [2.24, 2.45) is 0 Å². The Bertz CT molecular complexity index is 901. The van der Waals surface area contributed by atoms with Gasteiger partial charge in [0.2, 0.25) is 5.95 Å². The molecular weight excluding hydrogens is 274 g/mol. The lowest BCUT2D eigenvalue weighted by Crippen LogP contribution is -1.96. The second-order valence-corrected chi connectivity index (χ2v) is 4.90. The monoisotopic (exact) mass is 287 g/mol. The van der Waals surface area contributed by atoms with Gasteiger partial charge < -0.3 is 5.32 Å². The molecule has 2 aromatic heterocycles. The van der Waals surface area contributed by atoms with E-state index in [1.165, 1.54) is 6.33 Å². The van der Waals surface area contributed by atoms with E-state index in [1.54, 1.807) is 0 Å². The van der Waals surface area contributed by atoms with Crippen LogP contribution in [0.5, 0.6) is 0 Å². The summed E-state index contributed by atoms with van der Waals surface area (Å²) in [6, 6.07) is 20.2. The smallest absolute Gasteiger partial charge is 0.222 e. The summed E-state index contributed by atoms with van der Waals surface area (Å²) < 4.78 is 0. The van der Waals surface area contributed by atoms with Crippen molar-refractivity contribution in [2.75, 3.05) is 5.32 Å². The molecule has 0 unspecified atom stereocenters. The molecule has 0 aliphatic carbocycles. The van der Waals surface area contributed by atoms with Crippen LogP contribution in [0.4, 0.5) is 11.6 Å². The Morgan fingerprint density at radius 2 is 1.73 bits per heavy atom. The Kier molecular flexibility index (Phi) is 3.01.